The molecule has 1 atom stereocenters. The van der Waals surface area contributed by atoms with Crippen LogP contribution in [0.15, 0.2) is 54.9 Å². The number of aryl methyl sites for hydroxylation is 1. The molecule has 0 bridgehead atoms. The highest BCUT2D eigenvalue weighted by Gasteiger charge is 2.18. The average Bonchev–Trinajstić information content (AvgIpc) is 3.11. The Balaban J connectivity index is 1.61. The standard InChI is InChI=1S/C18H19N5O2/c1-13-17(9-6-10-19-13)20-18(24)14(2)23-11-15(21-22-23)12-25-16-7-4-3-5-8-16/h3-11,14H,12H2,1-2H3,(H,20,24)/t14-/m1/s1. The molecular weight excluding hydrogens is 318 g/mol. The first-order valence-corrected chi connectivity index (χ1v) is 7.94. The number of ether oxygens (including phenoxy) is 1. The Kier molecular flexibility index (Phi) is 5.03. The second kappa shape index (κ2) is 7.57. The van der Waals surface area contributed by atoms with Crippen LogP contribution < -0.4 is 10.1 Å². The summed E-state index contributed by atoms with van der Waals surface area (Å²) in [4.78, 5) is 16.6. The number of hydrogen-bond donors (Lipinski definition) is 1. The third kappa shape index (κ3) is 4.20. The Morgan fingerprint density at radius 2 is 2.04 bits per heavy atom. The lowest BCUT2D eigenvalue weighted by atomic mass is 10.2. The maximum atomic E-state index is 12.4. The molecule has 0 aliphatic carbocycles. The summed E-state index contributed by atoms with van der Waals surface area (Å²) in [5.74, 6) is 0.575. The molecule has 0 radical (unpaired) electrons. The molecule has 3 aromatic rings. The van der Waals surface area contributed by atoms with Crippen LogP contribution in [0.25, 0.3) is 0 Å². The van der Waals surface area contributed by atoms with Crippen molar-refractivity contribution in [1.82, 2.24) is 20.0 Å². The topological polar surface area (TPSA) is 81.9 Å². The van der Waals surface area contributed by atoms with Gasteiger partial charge in [0.1, 0.15) is 24.1 Å². The normalized spacial score (nSPS) is 11.8. The molecule has 2 heterocycles. The first kappa shape index (κ1) is 16.6. The van der Waals surface area contributed by atoms with Gasteiger partial charge in [0.05, 0.1) is 17.6 Å². The van der Waals surface area contributed by atoms with Crippen LogP contribution in [0.3, 0.4) is 0 Å². The van der Waals surface area contributed by atoms with Crippen molar-refractivity contribution >= 4 is 11.6 Å². The minimum atomic E-state index is -0.502. The molecule has 0 spiro atoms. The molecule has 1 N–H and O–H groups in total. The number of carbonyl (C=O) groups excluding carboxylic acids is 1. The van der Waals surface area contributed by atoms with Crippen LogP contribution in [0.1, 0.15) is 24.4 Å². The highest BCUT2D eigenvalue weighted by atomic mass is 16.5. The van der Waals surface area contributed by atoms with E-state index in [-0.39, 0.29) is 5.91 Å². The van der Waals surface area contributed by atoms with E-state index in [1.165, 1.54) is 4.68 Å². The highest BCUT2D eigenvalue weighted by Crippen LogP contribution is 2.15. The number of nitrogens with one attached hydrogen (secondary N) is 1. The highest BCUT2D eigenvalue weighted by molar-refractivity contribution is 5.93. The SMILES string of the molecule is Cc1ncccc1NC(=O)[C@@H](C)n1cc(COc2ccccc2)nn1. The van der Waals surface area contributed by atoms with Gasteiger partial charge in [-0.25, -0.2) is 4.68 Å². The predicted octanol–water partition coefficient (Wildman–Crippen LogP) is 2.76. The minimum absolute atomic E-state index is 0.184. The van der Waals surface area contributed by atoms with E-state index in [4.69, 9.17) is 4.74 Å². The second-order valence-electron chi connectivity index (χ2n) is 5.59. The molecule has 0 unspecified atom stereocenters. The van der Waals surface area contributed by atoms with E-state index < -0.39 is 6.04 Å². The number of carbonyl (C=O) groups is 1. The Morgan fingerprint density at radius 1 is 1.24 bits per heavy atom. The number of benzene rings is 1. The number of nitrogens with zero attached hydrogens (tertiary/aromatic N) is 4. The number of para-hydroxylation sites is 1. The third-order valence-electron chi connectivity index (χ3n) is 3.73. The number of rotatable bonds is 6. The van der Waals surface area contributed by atoms with E-state index in [1.54, 1.807) is 25.4 Å². The minimum Gasteiger partial charge on any atom is -0.487 e. The summed E-state index contributed by atoms with van der Waals surface area (Å²) < 4.78 is 7.15. The van der Waals surface area contributed by atoms with Crippen LogP contribution in [0.4, 0.5) is 5.69 Å². The van der Waals surface area contributed by atoms with Gasteiger partial charge in [0.25, 0.3) is 0 Å². The largest absolute Gasteiger partial charge is 0.487 e. The molecular formula is C18H19N5O2. The summed E-state index contributed by atoms with van der Waals surface area (Å²) in [7, 11) is 0. The van der Waals surface area contributed by atoms with Crippen LogP contribution in [0, 0.1) is 6.92 Å². The zero-order chi connectivity index (χ0) is 17.6. The van der Waals surface area contributed by atoms with Crippen molar-refractivity contribution < 1.29 is 9.53 Å². The van der Waals surface area contributed by atoms with Gasteiger partial charge < -0.3 is 10.1 Å². The van der Waals surface area contributed by atoms with Crippen LogP contribution in [0.2, 0.25) is 0 Å². The fourth-order valence-corrected chi connectivity index (χ4v) is 2.22. The van der Waals surface area contributed by atoms with Gasteiger partial charge in [-0.3, -0.25) is 9.78 Å². The summed E-state index contributed by atoms with van der Waals surface area (Å²) in [6.45, 7) is 3.90. The lowest BCUT2D eigenvalue weighted by Gasteiger charge is -2.12. The number of aromatic nitrogens is 4. The van der Waals surface area contributed by atoms with Gasteiger partial charge in [0.2, 0.25) is 5.91 Å². The van der Waals surface area contributed by atoms with Crippen molar-refractivity contribution in [2.24, 2.45) is 0 Å². The lowest BCUT2D eigenvalue weighted by molar-refractivity contribution is -0.119. The number of hydrogen-bond acceptors (Lipinski definition) is 5. The first-order chi connectivity index (χ1) is 12.1. The fraction of sp³-hybridized carbons (Fsp3) is 0.222. The molecule has 1 amide bonds. The summed E-state index contributed by atoms with van der Waals surface area (Å²) in [5.41, 5.74) is 2.10. The molecule has 0 fully saturated rings. The van der Waals surface area contributed by atoms with E-state index in [9.17, 15) is 4.79 Å². The molecule has 0 saturated carbocycles. The van der Waals surface area contributed by atoms with E-state index in [1.807, 2.05) is 43.3 Å². The Morgan fingerprint density at radius 3 is 2.80 bits per heavy atom. The second-order valence-corrected chi connectivity index (χ2v) is 5.59. The zero-order valence-corrected chi connectivity index (χ0v) is 14.1. The molecule has 0 aliphatic heterocycles. The van der Waals surface area contributed by atoms with Crippen LogP contribution in [-0.2, 0) is 11.4 Å². The van der Waals surface area contributed by atoms with Crippen molar-refractivity contribution in [3.8, 4) is 5.75 Å². The van der Waals surface area contributed by atoms with Crippen molar-refractivity contribution in [1.29, 1.82) is 0 Å². The Labute approximate surface area is 145 Å². The van der Waals surface area contributed by atoms with E-state index in [0.717, 1.165) is 11.4 Å². The van der Waals surface area contributed by atoms with Gasteiger partial charge in [-0.2, -0.15) is 0 Å². The summed E-state index contributed by atoms with van der Waals surface area (Å²) in [6, 6.07) is 12.6. The van der Waals surface area contributed by atoms with Gasteiger partial charge in [-0.15, -0.1) is 5.10 Å². The smallest absolute Gasteiger partial charge is 0.249 e. The van der Waals surface area contributed by atoms with Crippen molar-refractivity contribution in [2.75, 3.05) is 5.32 Å². The molecule has 128 valence electrons. The number of anilines is 1. The summed E-state index contributed by atoms with van der Waals surface area (Å²) in [6.07, 6.45) is 3.40. The van der Waals surface area contributed by atoms with Crippen molar-refractivity contribution in [3.05, 3.63) is 66.2 Å². The van der Waals surface area contributed by atoms with Crippen LogP contribution >= 0.6 is 0 Å². The van der Waals surface area contributed by atoms with Crippen LogP contribution in [-0.4, -0.2) is 25.9 Å². The summed E-state index contributed by atoms with van der Waals surface area (Å²) in [5, 5.41) is 10.9. The molecule has 1 aromatic carbocycles. The zero-order valence-electron chi connectivity index (χ0n) is 14.1. The van der Waals surface area contributed by atoms with Crippen molar-refractivity contribution in [3.63, 3.8) is 0 Å². The lowest BCUT2D eigenvalue weighted by Crippen LogP contribution is -2.24. The maximum absolute atomic E-state index is 12.4. The molecule has 3 rings (SSSR count). The molecule has 7 nitrogen and oxygen atoms in total. The van der Waals surface area contributed by atoms with E-state index in [0.29, 0.717) is 18.0 Å². The van der Waals surface area contributed by atoms with Crippen molar-refractivity contribution in [2.45, 2.75) is 26.5 Å². The molecule has 25 heavy (non-hydrogen) atoms. The molecule has 0 aliphatic rings. The van der Waals surface area contributed by atoms with Gasteiger partial charge >= 0.3 is 0 Å². The average molecular weight is 337 g/mol. The van der Waals surface area contributed by atoms with Gasteiger partial charge in [0, 0.05) is 6.20 Å². The molecule has 2 aromatic heterocycles. The Bertz CT molecular complexity index is 847. The Hall–Kier alpha value is -3.22. The number of amides is 1. The quantitative estimate of drug-likeness (QED) is 0.748. The van der Waals surface area contributed by atoms with Gasteiger partial charge in [-0.05, 0) is 38.1 Å². The predicted molar refractivity (Wildman–Crippen MR) is 93.1 cm³/mol. The fourth-order valence-electron chi connectivity index (χ4n) is 2.22. The van der Waals surface area contributed by atoms with E-state index in [2.05, 4.69) is 20.6 Å². The van der Waals surface area contributed by atoms with Gasteiger partial charge in [0.15, 0.2) is 0 Å². The summed E-state index contributed by atoms with van der Waals surface area (Å²) >= 11 is 0. The molecule has 0 saturated heterocycles. The first-order valence-electron chi connectivity index (χ1n) is 7.94. The maximum Gasteiger partial charge on any atom is 0.249 e. The third-order valence-corrected chi connectivity index (χ3v) is 3.73. The molecule has 7 heteroatoms. The number of pyridine rings is 1. The van der Waals surface area contributed by atoms with E-state index >= 15 is 0 Å². The van der Waals surface area contributed by atoms with Crippen LogP contribution in [0.5, 0.6) is 5.75 Å². The van der Waals surface area contributed by atoms with Gasteiger partial charge in [-0.1, -0.05) is 23.4 Å². The monoisotopic (exact) mass is 337 g/mol.